The summed E-state index contributed by atoms with van der Waals surface area (Å²) in [6, 6.07) is 7.90. The van der Waals surface area contributed by atoms with E-state index in [1.54, 1.807) is 7.11 Å². The number of hydrogen-bond donors (Lipinski definition) is 1. The molecule has 0 aliphatic heterocycles. The molecule has 0 saturated carbocycles. The fraction of sp³-hybridized carbons (Fsp3) is 0.417. The van der Waals surface area contributed by atoms with E-state index in [9.17, 15) is 0 Å². The zero-order valence-electron chi connectivity index (χ0n) is 10.1. The summed E-state index contributed by atoms with van der Waals surface area (Å²) in [5.41, 5.74) is 6.90. The van der Waals surface area contributed by atoms with Gasteiger partial charge in [0.25, 0.3) is 0 Å². The molecule has 16 heavy (non-hydrogen) atoms. The lowest BCUT2D eigenvalue weighted by Crippen LogP contribution is -2.33. The lowest BCUT2D eigenvalue weighted by molar-refractivity contribution is 0.397. The number of hydrogen-bond acceptors (Lipinski definition) is 2. The third kappa shape index (κ3) is 3.15. The van der Waals surface area contributed by atoms with E-state index in [2.05, 4.69) is 4.99 Å². The average Bonchev–Trinajstić information content (AvgIpc) is 2.30. The molecule has 0 saturated heterocycles. The molecule has 0 aliphatic carbocycles. The Morgan fingerprint density at radius 1 is 1.44 bits per heavy atom. The third-order valence-corrected chi connectivity index (χ3v) is 2.31. The smallest absolute Gasteiger partial charge is 0.191 e. The highest BCUT2D eigenvalue weighted by Gasteiger charge is 2.06. The van der Waals surface area contributed by atoms with E-state index >= 15 is 0 Å². The standard InChI is InChI=1S/C12H19N3O/c1-4-14-12(13)15(2)9-10-7-5-6-8-11(10)16-3/h5-8H,4,9H2,1-3H3,(H2,13,14). The minimum Gasteiger partial charge on any atom is -0.496 e. The number of guanidine groups is 1. The van der Waals surface area contributed by atoms with Crippen molar-refractivity contribution in [1.82, 2.24) is 4.90 Å². The first kappa shape index (κ1) is 12.4. The van der Waals surface area contributed by atoms with Gasteiger partial charge in [-0.05, 0) is 13.0 Å². The molecule has 0 amide bonds. The molecule has 1 aromatic carbocycles. The molecule has 0 heterocycles. The fourth-order valence-electron chi connectivity index (χ4n) is 1.45. The van der Waals surface area contributed by atoms with Gasteiger partial charge in [-0.3, -0.25) is 4.99 Å². The number of benzene rings is 1. The van der Waals surface area contributed by atoms with E-state index in [1.807, 2.05) is 43.1 Å². The number of rotatable bonds is 4. The van der Waals surface area contributed by atoms with Crippen LogP contribution in [0.1, 0.15) is 12.5 Å². The first-order chi connectivity index (χ1) is 7.69. The van der Waals surface area contributed by atoms with E-state index in [4.69, 9.17) is 10.5 Å². The van der Waals surface area contributed by atoms with Gasteiger partial charge in [-0.2, -0.15) is 0 Å². The van der Waals surface area contributed by atoms with E-state index in [0.29, 0.717) is 19.0 Å². The van der Waals surface area contributed by atoms with Gasteiger partial charge >= 0.3 is 0 Å². The normalized spacial score (nSPS) is 11.3. The third-order valence-electron chi connectivity index (χ3n) is 2.31. The molecule has 2 N–H and O–H groups in total. The Morgan fingerprint density at radius 3 is 2.75 bits per heavy atom. The minimum absolute atomic E-state index is 0.549. The van der Waals surface area contributed by atoms with Crippen molar-refractivity contribution in [3.8, 4) is 5.75 Å². The van der Waals surface area contributed by atoms with Crippen LogP contribution in [0.2, 0.25) is 0 Å². The summed E-state index contributed by atoms with van der Waals surface area (Å²) in [4.78, 5) is 6.06. The summed E-state index contributed by atoms with van der Waals surface area (Å²) in [5, 5.41) is 0. The van der Waals surface area contributed by atoms with Crippen LogP contribution in [0.3, 0.4) is 0 Å². The van der Waals surface area contributed by atoms with Crippen molar-refractivity contribution in [3.05, 3.63) is 29.8 Å². The maximum Gasteiger partial charge on any atom is 0.191 e. The van der Waals surface area contributed by atoms with Crippen LogP contribution in [0.5, 0.6) is 5.75 Å². The molecule has 88 valence electrons. The van der Waals surface area contributed by atoms with Gasteiger partial charge in [-0.25, -0.2) is 0 Å². The van der Waals surface area contributed by atoms with Gasteiger partial charge in [0, 0.05) is 25.7 Å². The molecule has 0 unspecified atom stereocenters. The summed E-state index contributed by atoms with van der Waals surface area (Å²) < 4.78 is 5.28. The zero-order chi connectivity index (χ0) is 12.0. The van der Waals surface area contributed by atoms with Crippen LogP contribution in [-0.2, 0) is 6.54 Å². The summed E-state index contributed by atoms with van der Waals surface area (Å²) in [7, 11) is 3.59. The lowest BCUT2D eigenvalue weighted by atomic mass is 10.2. The van der Waals surface area contributed by atoms with E-state index in [-0.39, 0.29) is 0 Å². The number of methoxy groups -OCH3 is 1. The predicted octanol–water partition coefficient (Wildman–Crippen LogP) is 1.46. The van der Waals surface area contributed by atoms with Crippen molar-refractivity contribution >= 4 is 5.96 Å². The highest BCUT2D eigenvalue weighted by molar-refractivity contribution is 5.77. The monoisotopic (exact) mass is 221 g/mol. The zero-order valence-corrected chi connectivity index (χ0v) is 10.1. The van der Waals surface area contributed by atoms with Crippen LogP contribution >= 0.6 is 0 Å². The Bertz CT molecular complexity index is 363. The maximum absolute atomic E-state index is 5.80. The summed E-state index contributed by atoms with van der Waals surface area (Å²) in [6.07, 6.45) is 0. The molecule has 0 radical (unpaired) electrons. The Labute approximate surface area is 96.7 Å². The van der Waals surface area contributed by atoms with Crippen LogP contribution in [0, 0.1) is 0 Å². The van der Waals surface area contributed by atoms with Crippen molar-refractivity contribution < 1.29 is 4.74 Å². The van der Waals surface area contributed by atoms with Gasteiger partial charge in [-0.15, -0.1) is 0 Å². The number of nitrogens with zero attached hydrogens (tertiary/aromatic N) is 2. The van der Waals surface area contributed by atoms with Crippen molar-refractivity contribution in [2.24, 2.45) is 10.7 Å². The lowest BCUT2D eigenvalue weighted by Gasteiger charge is -2.19. The van der Waals surface area contributed by atoms with Crippen molar-refractivity contribution in [2.75, 3.05) is 20.7 Å². The summed E-state index contributed by atoms with van der Waals surface area (Å²) in [5.74, 6) is 1.42. The SMILES string of the molecule is CCN=C(N)N(C)Cc1ccccc1OC. The predicted molar refractivity (Wildman–Crippen MR) is 66.6 cm³/mol. The van der Waals surface area contributed by atoms with Crippen LogP contribution < -0.4 is 10.5 Å². The van der Waals surface area contributed by atoms with Crippen LogP contribution in [0.15, 0.2) is 29.3 Å². The van der Waals surface area contributed by atoms with Gasteiger partial charge < -0.3 is 15.4 Å². The Hall–Kier alpha value is -1.71. The summed E-state index contributed by atoms with van der Waals surface area (Å²) >= 11 is 0. The second-order valence-corrected chi connectivity index (χ2v) is 3.50. The van der Waals surface area contributed by atoms with E-state index in [0.717, 1.165) is 11.3 Å². The van der Waals surface area contributed by atoms with Crippen LogP contribution in [-0.4, -0.2) is 31.6 Å². The molecule has 4 heteroatoms. The van der Waals surface area contributed by atoms with Crippen molar-refractivity contribution in [1.29, 1.82) is 0 Å². The summed E-state index contributed by atoms with van der Waals surface area (Å²) in [6.45, 7) is 3.35. The molecule has 0 bridgehead atoms. The molecule has 0 fully saturated rings. The molecule has 1 aromatic rings. The average molecular weight is 221 g/mol. The second kappa shape index (κ2) is 6.00. The molecule has 4 nitrogen and oxygen atoms in total. The highest BCUT2D eigenvalue weighted by atomic mass is 16.5. The van der Waals surface area contributed by atoms with Crippen molar-refractivity contribution in [2.45, 2.75) is 13.5 Å². The molecular formula is C12H19N3O. The van der Waals surface area contributed by atoms with Gasteiger partial charge in [-0.1, -0.05) is 18.2 Å². The second-order valence-electron chi connectivity index (χ2n) is 3.50. The Balaban J connectivity index is 2.76. The highest BCUT2D eigenvalue weighted by Crippen LogP contribution is 2.18. The maximum atomic E-state index is 5.80. The first-order valence-corrected chi connectivity index (χ1v) is 5.32. The molecule has 0 aliphatic rings. The molecule has 1 rings (SSSR count). The van der Waals surface area contributed by atoms with Crippen molar-refractivity contribution in [3.63, 3.8) is 0 Å². The fourth-order valence-corrected chi connectivity index (χ4v) is 1.45. The van der Waals surface area contributed by atoms with Crippen LogP contribution in [0.25, 0.3) is 0 Å². The van der Waals surface area contributed by atoms with Crippen LogP contribution in [0.4, 0.5) is 0 Å². The molecule has 0 aromatic heterocycles. The molecular weight excluding hydrogens is 202 g/mol. The van der Waals surface area contributed by atoms with Gasteiger partial charge in [0.1, 0.15) is 5.75 Å². The Morgan fingerprint density at radius 2 is 2.12 bits per heavy atom. The minimum atomic E-state index is 0.549. The molecule has 0 spiro atoms. The van der Waals surface area contributed by atoms with Gasteiger partial charge in [0.05, 0.1) is 7.11 Å². The van der Waals surface area contributed by atoms with Gasteiger partial charge in [0.15, 0.2) is 5.96 Å². The Kier molecular flexibility index (Phi) is 4.64. The number of ether oxygens (including phenoxy) is 1. The number of nitrogens with two attached hydrogens (primary N) is 1. The first-order valence-electron chi connectivity index (χ1n) is 5.32. The number of para-hydroxylation sites is 1. The van der Waals surface area contributed by atoms with E-state index in [1.165, 1.54) is 0 Å². The van der Waals surface area contributed by atoms with E-state index < -0.39 is 0 Å². The quantitative estimate of drug-likeness (QED) is 0.618. The largest absolute Gasteiger partial charge is 0.496 e. The van der Waals surface area contributed by atoms with Gasteiger partial charge in [0.2, 0.25) is 0 Å². The number of aliphatic imine (C=N–C) groups is 1. The molecule has 0 atom stereocenters. The topological polar surface area (TPSA) is 50.8 Å².